The Hall–Kier alpha value is -1.05. The lowest BCUT2D eigenvalue weighted by Gasteiger charge is -2.22. The first kappa shape index (κ1) is 12.0. The number of hydrogen-bond donors (Lipinski definition) is 1. The van der Waals surface area contributed by atoms with Crippen LogP contribution in [0.1, 0.15) is 31.4 Å². The van der Waals surface area contributed by atoms with E-state index in [1.54, 1.807) is 0 Å². The minimum absolute atomic E-state index is 0.111. The van der Waals surface area contributed by atoms with Gasteiger partial charge in [0.05, 0.1) is 0 Å². The predicted molar refractivity (Wildman–Crippen MR) is 77.8 cm³/mol. The van der Waals surface area contributed by atoms with Crippen molar-refractivity contribution in [3.05, 3.63) is 47.0 Å². The second kappa shape index (κ2) is 4.56. The van der Waals surface area contributed by atoms with Gasteiger partial charge in [0.1, 0.15) is 0 Å². The van der Waals surface area contributed by atoms with Gasteiger partial charge in [0, 0.05) is 16.5 Å². The molecule has 2 aromatic carbocycles. The van der Waals surface area contributed by atoms with Gasteiger partial charge in [0.25, 0.3) is 0 Å². The molecule has 1 fully saturated rings. The minimum Gasteiger partial charge on any atom is -0.324 e. The van der Waals surface area contributed by atoms with Crippen LogP contribution in [0.4, 0.5) is 0 Å². The van der Waals surface area contributed by atoms with Gasteiger partial charge >= 0.3 is 0 Å². The normalized spacial score (nSPS) is 18.8. The van der Waals surface area contributed by atoms with Crippen LogP contribution in [-0.4, -0.2) is 0 Å². The molecule has 0 amide bonds. The van der Waals surface area contributed by atoms with Gasteiger partial charge in [-0.15, -0.1) is 0 Å². The fraction of sp³-hybridized carbons (Fsp3) is 0.375. The molecule has 1 nitrogen and oxygen atoms in total. The van der Waals surface area contributed by atoms with E-state index in [1.165, 1.54) is 23.8 Å². The fourth-order valence-corrected chi connectivity index (χ4v) is 3.00. The Balaban J connectivity index is 2.08. The summed E-state index contributed by atoms with van der Waals surface area (Å²) < 4.78 is 0. The minimum atomic E-state index is 0.111. The van der Waals surface area contributed by atoms with E-state index in [0.29, 0.717) is 5.92 Å². The Morgan fingerprint density at radius 2 is 1.78 bits per heavy atom. The zero-order valence-corrected chi connectivity index (χ0v) is 11.3. The molecule has 1 saturated carbocycles. The van der Waals surface area contributed by atoms with Crippen LogP contribution >= 0.6 is 11.6 Å². The molecule has 1 aliphatic rings. The molecule has 1 aliphatic carbocycles. The summed E-state index contributed by atoms with van der Waals surface area (Å²) in [4.78, 5) is 0. The molecule has 2 N–H and O–H groups in total. The van der Waals surface area contributed by atoms with Crippen LogP contribution in [0.25, 0.3) is 10.8 Å². The lowest BCUT2D eigenvalue weighted by molar-refractivity contribution is 0.419. The number of fused-ring (bicyclic) bond motifs is 1. The van der Waals surface area contributed by atoms with Crippen molar-refractivity contribution in [1.29, 1.82) is 0 Å². The number of nitrogens with two attached hydrogens (primary N) is 1. The molecule has 0 aromatic heterocycles. The summed E-state index contributed by atoms with van der Waals surface area (Å²) in [5, 5.41) is 3.11. The standard InChI is InChI=1S/C16H18ClN/c1-10(11-6-7-11)16(18)14-8-9-15(17)13-5-3-2-4-12(13)14/h2-5,8-11,16H,6-7,18H2,1H3. The number of halogens is 1. The maximum atomic E-state index is 6.45. The Kier molecular flexibility index (Phi) is 3.04. The van der Waals surface area contributed by atoms with Crippen LogP contribution in [0.2, 0.25) is 5.02 Å². The van der Waals surface area contributed by atoms with E-state index < -0.39 is 0 Å². The van der Waals surface area contributed by atoms with Gasteiger partial charge in [-0.1, -0.05) is 48.9 Å². The predicted octanol–water partition coefficient (Wildman–Crippen LogP) is 4.54. The number of rotatable bonds is 3. The average Bonchev–Trinajstić information content (AvgIpc) is 3.22. The molecule has 18 heavy (non-hydrogen) atoms. The third-order valence-corrected chi connectivity index (χ3v) is 4.53. The lowest BCUT2D eigenvalue weighted by Crippen LogP contribution is -2.20. The van der Waals surface area contributed by atoms with Gasteiger partial charge in [-0.25, -0.2) is 0 Å². The molecular weight excluding hydrogens is 242 g/mol. The van der Waals surface area contributed by atoms with Crippen LogP contribution < -0.4 is 5.73 Å². The second-order valence-corrected chi connectivity index (χ2v) is 5.81. The first-order chi connectivity index (χ1) is 8.68. The van der Waals surface area contributed by atoms with Gasteiger partial charge < -0.3 is 5.73 Å². The highest BCUT2D eigenvalue weighted by Crippen LogP contribution is 2.43. The molecule has 2 unspecified atom stereocenters. The highest BCUT2D eigenvalue weighted by Gasteiger charge is 2.32. The van der Waals surface area contributed by atoms with Crippen LogP contribution in [0.3, 0.4) is 0 Å². The Bertz CT molecular complexity index is 574. The zero-order chi connectivity index (χ0) is 12.7. The zero-order valence-electron chi connectivity index (χ0n) is 10.6. The highest BCUT2D eigenvalue weighted by atomic mass is 35.5. The molecule has 0 saturated heterocycles. The van der Waals surface area contributed by atoms with Crippen molar-refractivity contribution >= 4 is 22.4 Å². The summed E-state index contributed by atoms with van der Waals surface area (Å²) in [6, 6.07) is 12.4. The lowest BCUT2D eigenvalue weighted by atomic mass is 9.88. The van der Waals surface area contributed by atoms with Crippen LogP contribution in [-0.2, 0) is 0 Å². The van der Waals surface area contributed by atoms with Crippen molar-refractivity contribution in [3.8, 4) is 0 Å². The summed E-state index contributed by atoms with van der Waals surface area (Å²) in [6.45, 7) is 2.27. The van der Waals surface area contributed by atoms with Crippen LogP contribution in [0.5, 0.6) is 0 Å². The molecule has 2 aromatic rings. The molecule has 94 valence electrons. The molecule has 0 radical (unpaired) electrons. The SMILES string of the molecule is CC(C1CC1)C(N)c1ccc(Cl)c2ccccc12. The Morgan fingerprint density at radius 1 is 1.11 bits per heavy atom. The van der Waals surface area contributed by atoms with Crippen molar-refractivity contribution in [2.75, 3.05) is 0 Å². The van der Waals surface area contributed by atoms with E-state index >= 15 is 0 Å². The van der Waals surface area contributed by atoms with E-state index in [9.17, 15) is 0 Å². The van der Waals surface area contributed by atoms with E-state index in [0.717, 1.165) is 16.3 Å². The Labute approximate surface area is 113 Å². The maximum absolute atomic E-state index is 6.45. The molecule has 0 aliphatic heterocycles. The third-order valence-electron chi connectivity index (χ3n) is 4.20. The summed E-state index contributed by atoms with van der Waals surface area (Å²) in [6.07, 6.45) is 2.67. The fourth-order valence-electron chi connectivity index (χ4n) is 2.77. The first-order valence-electron chi connectivity index (χ1n) is 6.61. The van der Waals surface area contributed by atoms with Gasteiger partial charge in [-0.3, -0.25) is 0 Å². The van der Waals surface area contributed by atoms with Crippen LogP contribution in [0, 0.1) is 11.8 Å². The van der Waals surface area contributed by atoms with Crippen molar-refractivity contribution in [1.82, 2.24) is 0 Å². The average molecular weight is 260 g/mol. The van der Waals surface area contributed by atoms with Gasteiger partial charge in [0.15, 0.2) is 0 Å². The van der Waals surface area contributed by atoms with E-state index in [2.05, 4.69) is 31.2 Å². The number of benzene rings is 2. The molecule has 0 heterocycles. The number of hydrogen-bond acceptors (Lipinski definition) is 1. The van der Waals surface area contributed by atoms with E-state index in [-0.39, 0.29) is 6.04 Å². The molecule has 0 bridgehead atoms. The third kappa shape index (κ3) is 2.02. The molecule has 2 heteroatoms. The first-order valence-corrected chi connectivity index (χ1v) is 6.99. The molecular formula is C16H18ClN. The van der Waals surface area contributed by atoms with Gasteiger partial charge in [0.2, 0.25) is 0 Å². The van der Waals surface area contributed by atoms with Crippen molar-refractivity contribution in [2.24, 2.45) is 17.6 Å². The van der Waals surface area contributed by atoms with Crippen molar-refractivity contribution in [2.45, 2.75) is 25.8 Å². The van der Waals surface area contributed by atoms with Crippen LogP contribution in [0.15, 0.2) is 36.4 Å². The van der Waals surface area contributed by atoms with Crippen molar-refractivity contribution < 1.29 is 0 Å². The van der Waals surface area contributed by atoms with Gasteiger partial charge in [-0.05, 0) is 41.7 Å². The quantitative estimate of drug-likeness (QED) is 0.861. The van der Waals surface area contributed by atoms with Gasteiger partial charge in [-0.2, -0.15) is 0 Å². The topological polar surface area (TPSA) is 26.0 Å². The molecule has 0 spiro atoms. The monoisotopic (exact) mass is 259 g/mol. The highest BCUT2D eigenvalue weighted by molar-refractivity contribution is 6.35. The maximum Gasteiger partial charge on any atom is 0.0484 e. The summed E-state index contributed by atoms with van der Waals surface area (Å²) in [5.74, 6) is 1.36. The Morgan fingerprint density at radius 3 is 2.44 bits per heavy atom. The van der Waals surface area contributed by atoms with Crippen molar-refractivity contribution in [3.63, 3.8) is 0 Å². The summed E-state index contributed by atoms with van der Waals surface area (Å²) in [5.41, 5.74) is 7.68. The molecule has 2 atom stereocenters. The van der Waals surface area contributed by atoms with E-state index in [1.807, 2.05) is 12.1 Å². The summed E-state index contributed by atoms with van der Waals surface area (Å²) >= 11 is 6.25. The molecule has 3 rings (SSSR count). The largest absolute Gasteiger partial charge is 0.324 e. The second-order valence-electron chi connectivity index (χ2n) is 5.40. The smallest absolute Gasteiger partial charge is 0.0484 e. The van der Waals surface area contributed by atoms with E-state index in [4.69, 9.17) is 17.3 Å². The summed E-state index contributed by atoms with van der Waals surface area (Å²) in [7, 11) is 0.